The summed E-state index contributed by atoms with van der Waals surface area (Å²) < 4.78 is 4.31. The van der Waals surface area contributed by atoms with Crippen molar-refractivity contribution < 1.29 is 14.6 Å². The van der Waals surface area contributed by atoms with E-state index < -0.39 is 6.16 Å². The minimum Gasteiger partial charge on any atom is -0.428 e. The van der Waals surface area contributed by atoms with Crippen molar-refractivity contribution in [3.8, 4) is 0 Å². The van der Waals surface area contributed by atoms with Gasteiger partial charge in [-0.25, -0.2) is 0 Å². The smallest absolute Gasteiger partial charge is 0.428 e. The van der Waals surface area contributed by atoms with Gasteiger partial charge in [0.25, 0.3) is 0 Å². The van der Waals surface area contributed by atoms with E-state index in [1.165, 1.54) is 0 Å². The summed E-state index contributed by atoms with van der Waals surface area (Å²) in [6.07, 6.45) is 2.52. The minimum atomic E-state index is -1.46. The van der Waals surface area contributed by atoms with E-state index in [4.69, 9.17) is 0 Å². The lowest BCUT2D eigenvalue weighted by Gasteiger charge is -2.04. The van der Waals surface area contributed by atoms with Gasteiger partial charge in [0.1, 0.15) is 6.10 Å². The van der Waals surface area contributed by atoms with Gasteiger partial charge in [-0.05, 0) is 13.8 Å². The summed E-state index contributed by atoms with van der Waals surface area (Å²) in [7, 11) is 0. The molecule has 1 atom stereocenters. The normalized spacial score (nSPS) is 13.4. The van der Waals surface area contributed by atoms with E-state index in [9.17, 15) is 9.90 Å². The van der Waals surface area contributed by atoms with Crippen LogP contribution in [-0.4, -0.2) is 12.3 Å². The Morgan fingerprint density at radius 3 is 2.70 bits per heavy atom. The number of carbonyl (C=O) groups excluding carboxylic acids is 1. The highest BCUT2D eigenvalue weighted by Crippen LogP contribution is 1.98. The van der Waals surface area contributed by atoms with E-state index >= 15 is 0 Å². The van der Waals surface area contributed by atoms with Gasteiger partial charge < -0.3 is 4.74 Å². The Morgan fingerprint density at radius 1 is 1.70 bits per heavy atom. The molecule has 1 unspecified atom stereocenters. The number of ether oxygens (including phenoxy) is 1. The molecule has 0 fully saturated rings. The Morgan fingerprint density at radius 2 is 2.30 bits per heavy atom. The highest BCUT2D eigenvalue weighted by Gasteiger charge is 2.05. The van der Waals surface area contributed by atoms with Gasteiger partial charge in [0, 0.05) is 6.42 Å². The van der Waals surface area contributed by atoms with Gasteiger partial charge in [-0.2, -0.15) is 9.90 Å². The van der Waals surface area contributed by atoms with Crippen LogP contribution in [0.15, 0.2) is 12.2 Å². The molecule has 57 valence electrons. The zero-order valence-electron chi connectivity index (χ0n) is 6.16. The van der Waals surface area contributed by atoms with Crippen molar-refractivity contribution in [2.45, 2.75) is 26.4 Å². The number of hydrogen-bond donors (Lipinski definition) is 0. The van der Waals surface area contributed by atoms with Gasteiger partial charge in [0.15, 0.2) is 0 Å². The molecule has 0 bridgehead atoms. The van der Waals surface area contributed by atoms with E-state index in [1.807, 2.05) is 19.1 Å². The first-order valence-corrected chi connectivity index (χ1v) is 3.15. The molecule has 0 rings (SSSR count). The Kier molecular flexibility index (Phi) is 4.37. The topological polar surface area (TPSA) is 46.2 Å². The number of hydrogen-bond acceptors (Lipinski definition) is 2. The zero-order chi connectivity index (χ0) is 7.98. The van der Waals surface area contributed by atoms with Crippen LogP contribution in [-0.2, 0) is 9.84 Å². The van der Waals surface area contributed by atoms with Crippen molar-refractivity contribution in [3.63, 3.8) is 0 Å². The molecule has 1 radical (unpaired) electrons. The average Bonchev–Trinajstić information content (AvgIpc) is 1.82. The molecular formula is C7H11O3. The third-order valence-corrected chi connectivity index (χ3v) is 1.00. The summed E-state index contributed by atoms with van der Waals surface area (Å²) in [6.45, 7) is 3.54. The van der Waals surface area contributed by atoms with Crippen LogP contribution in [0.3, 0.4) is 0 Å². The van der Waals surface area contributed by atoms with Crippen molar-refractivity contribution in [2.24, 2.45) is 0 Å². The van der Waals surface area contributed by atoms with Gasteiger partial charge >= 0.3 is 6.16 Å². The van der Waals surface area contributed by atoms with Crippen LogP contribution in [0.1, 0.15) is 20.3 Å². The number of rotatable bonds is 3. The van der Waals surface area contributed by atoms with E-state index in [1.54, 1.807) is 6.92 Å². The first kappa shape index (κ1) is 9.01. The second-order valence-electron chi connectivity index (χ2n) is 1.98. The molecule has 0 saturated heterocycles. The molecule has 0 heterocycles. The van der Waals surface area contributed by atoms with Gasteiger partial charge in [0.2, 0.25) is 0 Å². The molecule has 0 aliphatic carbocycles. The van der Waals surface area contributed by atoms with Crippen LogP contribution in [0, 0.1) is 0 Å². The summed E-state index contributed by atoms with van der Waals surface area (Å²) in [5.41, 5.74) is 0. The molecular weight excluding hydrogens is 132 g/mol. The molecule has 0 aliphatic rings. The molecule has 0 N–H and O–H groups in total. The maximum atomic E-state index is 9.82. The highest BCUT2D eigenvalue weighted by molar-refractivity contribution is 5.56. The third kappa shape index (κ3) is 5.15. The van der Waals surface area contributed by atoms with Crippen LogP contribution in [0.5, 0.6) is 0 Å². The van der Waals surface area contributed by atoms with Gasteiger partial charge in [-0.15, -0.1) is 0 Å². The van der Waals surface area contributed by atoms with E-state index in [0.717, 1.165) is 0 Å². The summed E-state index contributed by atoms with van der Waals surface area (Å²) in [4.78, 5) is 9.82. The Labute approximate surface area is 60.3 Å². The summed E-state index contributed by atoms with van der Waals surface area (Å²) >= 11 is 0. The standard InChI is InChI=1S/C7H11O3/c1-3-4-5-6(2)10-7(8)9/h3-4,6H,5H2,1-2H3. The maximum absolute atomic E-state index is 9.82. The van der Waals surface area contributed by atoms with Crippen LogP contribution >= 0.6 is 0 Å². The molecule has 0 saturated carbocycles. The largest absolute Gasteiger partial charge is 0.550 e. The summed E-state index contributed by atoms with van der Waals surface area (Å²) in [5.74, 6) is 0. The van der Waals surface area contributed by atoms with Crippen molar-refractivity contribution >= 4 is 6.16 Å². The monoisotopic (exact) mass is 143 g/mol. The first-order chi connectivity index (χ1) is 4.66. The van der Waals surface area contributed by atoms with Gasteiger partial charge in [-0.1, -0.05) is 12.2 Å². The highest BCUT2D eigenvalue weighted by atomic mass is 16.7. The van der Waals surface area contributed by atoms with Crippen molar-refractivity contribution in [2.75, 3.05) is 0 Å². The molecule has 10 heavy (non-hydrogen) atoms. The fourth-order valence-corrected chi connectivity index (χ4v) is 0.540. The quantitative estimate of drug-likeness (QED) is 0.447. The Balaban J connectivity index is 3.43. The first-order valence-electron chi connectivity index (χ1n) is 3.15. The summed E-state index contributed by atoms with van der Waals surface area (Å²) in [6, 6.07) is 0. The van der Waals surface area contributed by atoms with Crippen LogP contribution in [0.2, 0.25) is 0 Å². The molecule has 0 spiro atoms. The average molecular weight is 143 g/mol. The SMILES string of the molecule is CC=CCC(C)OC([O])=O. The molecule has 3 nitrogen and oxygen atoms in total. The summed E-state index contributed by atoms with van der Waals surface area (Å²) in [5, 5.41) is 9.82. The fourth-order valence-electron chi connectivity index (χ4n) is 0.540. The lowest BCUT2D eigenvalue weighted by molar-refractivity contribution is 0.0396. The van der Waals surface area contributed by atoms with Crippen molar-refractivity contribution in [3.05, 3.63) is 12.2 Å². The van der Waals surface area contributed by atoms with Crippen LogP contribution < -0.4 is 0 Å². The predicted octanol–water partition coefficient (Wildman–Crippen LogP) is 1.91. The van der Waals surface area contributed by atoms with E-state index in [-0.39, 0.29) is 6.10 Å². The maximum Gasteiger partial charge on any atom is 0.550 e. The van der Waals surface area contributed by atoms with Crippen molar-refractivity contribution in [1.82, 2.24) is 0 Å². The molecule has 3 heteroatoms. The molecule has 0 amide bonds. The van der Waals surface area contributed by atoms with E-state index in [2.05, 4.69) is 4.74 Å². The Hall–Kier alpha value is -0.990. The molecule has 0 aliphatic heterocycles. The molecule has 0 aromatic heterocycles. The minimum absolute atomic E-state index is 0.304. The predicted molar refractivity (Wildman–Crippen MR) is 36.1 cm³/mol. The second kappa shape index (κ2) is 4.85. The molecule has 0 aromatic rings. The fraction of sp³-hybridized carbons (Fsp3) is 0.571. The second-order valence-corrected chi connectivity index (χ2v) is 1.98. The van der Waals surface area contributed by atoms with Gasteiger partial charge in [-0.3, -0.25) is 0 Å². The Bertz CT molecular complexity index is 129. The molecule has 0 aromatic carbocycles. The van der Waals surface area contributed by atoms with Crippen molar-refractivity contribution in [1.29, 1.82) is 0 Å². The zero-order valence-corrected chi connectivity index (χ0v) is 6.16. The van der Waals surface area contributed by atoms with Crippen LogP contribution in [0.25, 0.3) is 0 Å². The van der Waals surface area contributed by atoms with Gasteiger partial charge in [0.05, 0.1) is 0 Å². The lowest BCUT2D eigenvalue weighted by Crippen LogP contribution is -2.10. The third-order valence-electron chi connectivity index (χ3n) is 1.00. The lowest BCUT2D eigenvalue weighted by atomic mass is 10.3. The van der Waals surface area contributed by atoms with E-state index in [0.29, 0.717) is 6.42 Å². The number of carbonyl (C=O) groups is 1. The number of allylic oxidation sites excluding steroid dienone is 1. The van der Waals surface area contributed by atoms with Crippen LogP contribution in [0.4, 0.5) is 4.79 Å².